The number of fused-ring (bicyclic) bond motifs is 3. The maximum Gasteiger partial charge on any atom is 0.280 e. The molecule has 0 atom stereocenters. The Labute approximate surface area is 131 Å². The maximum atomic E-state index is 12.6. The predicted molar refractivity (Wildman–Crippen MR) is 87.7 cm³/mol. The molecule has 0 unspecified atom stereocenters. The van der Waals surface area contributed by atoms with Gasteiger partial charge in [-0.3, -0.25) is 19.9 Å². The van der Waals surface area contributed by atoms with Crippen LogP contribution in [-0.2, 0) is 6.61 Å². The number of aromatic nitrogens is 4. The molecule has 0 fully saturated rings. The molecule has 0 aliphatic rings. The van der Waals surface area contributed by atoms with Gasteiger partial charge in [0, 0.05) is 17.8 Å². The second-order valence-electron chi connectivity index (χ2n) is 5.49. The normalized spacial score (nSPS) is 11.4. The molecule has 2 N–H and O–H groups in total. The smallest absolute Gasteiger partial charge is 0.280 e. The van der Waals surface area contributed by atoms with Crippen LogP contribution in [0.15, 0.2) is 47.5 Å². The van der Waals surface area contributed by atoms with E-state index in [4.69, 9.17) is 0 Å². The lowest BCUT2D eigenvalue weighted by Crippen LogP contribution is -2.14. The Bertz CT molecular complexity index is 1080. The maximum absolute atomic E-state index is 12.6. The number of aryl methyl sites for hydroxylation is 1. The van der Waals surface area contributed by atoms with Gasteiger partial charge in [-0.25, -0.2) is 4.68 Å². The van der Waals surface area contributed by atoms with Crippen LogP contribution in [0.25, 0.3) is 27.5 Å². The number of nitrogens with zero attached hydrogens (tertiary/aromatic N) is 3. The minimum Gasteiger partial charge on any atom is -0.390 e. The first-order valence-corrected chi connectivity index (χ1v) is 7.23. The third-order valence-electron chi connectivity index (χ3n) is 3.92. The van der Waals surface area contributed by atoms with Gasteiger partial charge in [0.05, 0.1) is 34.4 Å². The minimum atomic E-state index is -0.149. The van der Waals surface area contributed by atoms with E-state index in [0.29, 0.717) is 22.1 Å². The largest absolute Gasteiger partial charge is 0.390 e. The quantitative estimate of drug-likeness (QED) is 0.594. The van der Waals surface area contributed by atoms with Crippen molar-refractivity contribution in [3.8, 4) is 5.69 Å². The number of rotatable bonds is 2. The van der Waals surface area contributed by atoms with Crippen molar-refractivity contribution < 1.29 is 5.11 Å². The molecule has 0 saturated heterocycles. The molecule has 6 heteroatoms. The number of aromatic amines is 1. The predicted octanol–water partition coefficient (Wildman–Crippen LogP) is 2.06. The van der Waals surface area contributed by atoms with E-state index in [1.165, 1.54) is 4.68 Å². The summed E-state index contributed by atoms with van der Waals surface area (Å²) in [5.41, 5.74) is 3.68. The van der Waals surface area contributed by atoms with Crippen LogP contribution in [0.2, 0.25) is 0 Å². The standard InChI is InChI=1S/C17H14N4O2/c1-10-2-4-12(5-3-10)21-17(23)14-8-19-15-6-11(9-22)18-7-13(15)16(14)20-21/h2-8,20,22H,9H2,1H3. The molecular weight excluding hydrogens is 292 g/mol. The fourth-order valence-corrected chi connectivity index (χ4v) is 2.66. The Morgan fingerprint density at radius 1 is 1.13 bits per heavy atom. The summed E-state index contributed by atoms with van der Waals surface area (Å²) in [6.45, 7) is 1.86. The van der Waals surface area contributed by atoms with Gasteiger partial charge >= 0.3 is 0 Å². The van der Waals surface area contributed by atoms with Crippen molar-refractivity contribution >= 4 is 21.8 Å². The van der Waals surface area contributed by atoms with E-state index in [2.05, 4.69) is 15.1 Å². The molecule has 0 spiro atoms. The topological polar surface area (TPSA) is 83.8 Å². The first-order chi connectivity index (χ1) is 11.2. The van der Waals surface area contributed by atoms with E-state index in [0.717, 1.165) is 16.6 Å². The summed E-state index contributed by atoms with van der Waals surface area (Å²) in [7, 11) is 0. The fraction of sp³-hybridized carbons (Fsp3) is 0.118. The number of benzene rings is 1. The summed E-state index contributed by atoms with van der Waals surface area (Å²) < 4.78 is 1.51. The van der Waals surface area contributed by atoms with Crippen molar-refractivity contribution in [1.82, 2.24) is 19.7 Å². The molecule has 23 heavy (non-hydrogen) atoms. The zero-order valence-electron chi connectivity index (χ0n) is 12.4. The monoisotopic (exact) mass is 306 g/mol. The Morgan fingerprint density at radius 3 is 2.61 bits per heavy atom. The molecule has 3 aromatic heterocycles. The lowest BCUT2D eigenvalue weighted by atomic mass is 10.2. The molecule has 114 valence electrons. The number of aliphatic hydroxyl groups is 1. The summed E-state index contributed by atoms with van der Waals surface area (Å²) in [6, 6.07) is 9.42. The van der Waals surface area contributed by atoms with Crippen molar-refractivity contribution in [2.24, 2.45) is 0 Å². The van der Waals surface area contributed by atoms with E-state index in [1.807, 2.05) is 31.2 Å². The van der Waals surface area contributed by atoms with Crippen LogP contribution in [0.5, 0.6) is 0 Å². The Hall–Kier alpha value is -2.99. The molecule has 6 nitrogen and oxygen atoms in total. The van der Waals surface area contributed by atoms with Gasteiger partial charge in [-0.05, 0) is 25.1 Å². The zero-order chi connectivity index (χ0) is 16.0. The number of aliphatic hydroxyl groups excluding tert-OH is 1. The lowest BCUT2D eigenvalue weighted by molar-refractivity contribution is 0.277. The first kappa shape index (κ1) is 13.7. The van der Waals surface area contributed by atoms with Gasteiger partial charge in [0.1, 0.15) is 0 Å². The van der Waals surface area contributed by atoms with E-state index < -0.39 is 0 Å². The number of pyridine rings is 2. The van der Waals surface area contributed by atoms with Crippen LogP contribution in [0.3, 0.4) is 0 Å². The van der Waals surface area contributed by atoms with Gasteiger partial charge in [0.2, 0.25) is 0 Å². The SMILES string of the molecule is Cc1ccc(-n2[nH]c3c(cnc4cc(CO)ncc43)c2=O)cc1. The van der Waals surface area contributed by atoms with Crippen LogP contribution >= 0.6 is 0 Å². The van der Waals surface area contributed by atoms with Gasteiger partial charge in [-0.1, -0.05) is 17.7 Å². The summed E-state index contributed by atoms with van der Waals surface area (Å²) in [6.07, 6.45) is 3.19. The van der Waals surface area contributed by atoms with Crippen molar-refractivity contribution in [3.05, 3.63) is 64.3 Å². The third-order valence-corrected chi connectivity index (χ3v) is 3.92. The number of nitrogens with one attached hydrogen (secondary N) is 1. The molecule has 0 aliphatic carbocycles. The summed E-state index contributed by atoms with van der Waals surface area (Å²) >= 11 is 0. The highest BCUT2D eigenvalue weighted by Gasteiger charge is 2.12. The molecule has 0 bridgehead atoms. The van der Waals surface area contributed by atoms with Crippen LogP contribution in [0.4, 0.5) is 0 Å². The third kappa shape index (κ3) is 2.11. The molecule has 0 amide bonds. The molecular formula is C17H14N4O2. The Balaban J connectivity index is 2.01. The van der Waals surface area contributed by atoms with Gasteiger partial charge in [0.25, 0.3) is 5.56 Å². The molecule has 0 aliphatic heterocycles. The molecule has 4 rings (SSSR count). The number of hydrogen-bond donors (Lipinski definition) is 2. The highest BCUT2D eigenvalue weighted by atomic mass is 16.3. The number of hydrogen-bond acceptors (Lipinski definition) is 4. The van der Waals surface area contributed by atoms with Crippen molar-refractivity contribution in [2.45, 2.75) is 13.5 Å². The molecule has 0 saturated carbocycles. The average molecular weight is 306 g/mol. The average Bonchev–Trinajstić information content (AvgIpc) is 2.92. The number of H-pyrrole nitrogens is 1. The molecule has 3 heterocycles. The second kappa shape index (κ2) is 5.03. The molecule has 1 aromatic carbocycles. The second-order valence-corrected chi connectivity index (χ2v) is 5.49. The Kier molecular flexibility index (Phi) is 2.99. The van der Waals surface area contributed by atoms with Crippen LogP contribution in [-0.4, -0.2) is 24.9 Å². The van der Waals surface area contributed by atoms with E-state index >= 15 is 0 Å². The molecule has 0 radical (unpaired) electrons. The van der Waals surface area contributed by atoms with Crippen molar-refractivity contribution in [2.75, 3.05) is 0 Å². The molecule has 4 aromatic rings. The van der Waals surface area contributed by atoms with Crippen molar-refractivity contribution in [1.29, 1.82) is 0 Å². The van der Waals surface area contributed by atoms with Gasteiger partial charge < -0.3 is 5.11 Å². The van der Waals surface area contributed by atoms with Gasteiger partial charge in [-0.15, -0.1) is 0 Å². The van der Waals surface area contributed by atoms with Crippen LogP contribution in [0.1, 0.15) is 11.3 Å². The zero-order valence-corrected chi connectivity index (χ0v) is 12.4. The summed E-state index contributed by atoms with van der Waals surface area (Å²) in [5, 5.41) is 13.6. The summed E-state index contributed by atoms with van der Waals surface area (Å²) in [5.74, 6) is 0. The minimum absolute atomic E-state index is 0.142. The highest BCUT2D eigenvalue weighted by molar-refractivity contribution is 6.02. The van der Waals surface area contributed by atoms with Crippen LogP contribution < -0.4 is 5.56 Å². The Morgan fingerprint density at radius 2 is 1.87 bits per heavy atom. The summed E-state index contributed by atoms with van der Waals surface area (Å²) in [4.78, 5) is 21.1. The first-order valence-electron chi connectivity index (χ1n) is 7.23. The van der Waals surface area contributed by atoms with Crippen LogP contribution in [0, 0.1) is 6.92 Å². The van der Waals surface area contributed by atoms with E-state index in [-0.39, 0.29) is 12.2 Å². The van der Waals surface area contributed by atoms with Gasteiger partial charge in [0.15, 0.2) is 0 Å². The van der Waals surface area contributed by atoms with E-state index in [1.54, 1.807) is 18.5 Å². The highest BCUT2D eigenvalue weighted by Crippen LogP contribution is 2.21. The van der Waals surface area contributed by atoms with E-state index in [9.17, 15) is 9.90 Å². The van der Waals surface area contributed by atoms with Gasteiger partial charge in [-0.2, -0.15) is 0 Å². The lowest BCUT2D eigenvalue weighted by Gasteiger charge is -2.02. The van der Waals surface area contributed by atoms with Crippen molar-refractivity contribution in [3.63, 3.8) is 0 Å². The fourth-order valence-electron chi connectivity index (χ4n) is 2.66.